The summed E-state index contributed by atoms with van der Waals surface area (Å²) in [6.07, 6.45) is 1.54. The summed E-state index contributed by atoms with van der Waals surface area (Å²) < 4.78 is 5.52. The van der Waals surface area contributed by atoms with Crippen LogP contribution in [0.2, 0.25) is 0 Å². The molecule has 2 aliphatic rings. The largest absolute Gasteiger partial charge is 0.390 e. The van der Waals surface area contributed by atoms with Gasteiger partial charge in [0.25, 0.3) is 0 Å². The highest BCUT2D eigenvalue weighted by Crippen LogP contribution is 2.34. The highest BCUT2D eigenvalue weighted by Gasteiger charge is 2.40. The van der Waals surface area contributed by atoms with Crippen molar-refractivity contribution in [2.75, 3.05) is 18.1 Å². The molecule has 2 bridgehead atoms. The van der Waals surface area contributed by atoms with Crippen molar-refractivity contribution < 1.29 is 9.84 Å². The van der Waals surface area contributed by atoms with E-state index in [4.69, 9.17) is 9.84 Å². The summed E-state index contributed by atoms with van der Waals surface area (Å²) in [5.41, 5.74) is 0.772. The number of hydrogen-bond acceptors (Lipinski definition) is 5. The number of rotatable bonds is 2. The van der Waals surface area contributed by atoms with E-state index >= 15 is 0 Å². The molecular formula is C9H12N2O2S. The molecule has 0 spiro atoms. The van der Waals surface area contributed by atoms with E-state index in [2.05, 4.69) is 9.88 Å². The smallest absolute Gasteiger partial charge is 0.186 e. The van der Waals surface area contributed by atoms with Crippen LogP contribution in [-0.4, -0.2) is 35.4 Å². The summed E-state index contributed by atoms with van der Waals surface area (Å²) in [5.74, 6) is 0. The second-order valence-corrected chi connectivity index (χ2v) is 4.61. The molecule has 0 amide bonds. The molecule has 5 heteroatoms. The molecule has 2 saturated heterocycles. The second kappa shape index (κ2) is 3.18. The molecule has 0 saturated carbocycles. The van der Waals surface area contributed by atoms with Crippen LogP contribution in [0.4, 0.5) is 5.13 Å². The molecule has 2 fully saturated rings. The van der Waals surface area contributed by atoms with Crippen LogP contribution in [0.3, 0.4) is 0 Å². The molecule has 76 valence electrons. The molecule has 2 atom stereocenters. The average molecular weight is 212 g/mol. The number of aromatic nitrogens is 1. The normalized spacial score (nSPS) is 30.2. The number of thiazole rings is 1. The van der Waals surface area contributed by atoms with Gasteiger partial charge in [-0.3, -0.25) is 0 Å². The van der Waals surface area contributed by atoms with E-state index in [-0.39, 0.29) is 6.61 Å². The van der Waals surface area contributed by atoms with Gasteiger partial charge in [0.15, 0.2) is 5.13 Å². The molecule has 3 heterocycles. The molecular weight excluding hydrogens is 200 g/mol. The van der Waals surface area contributed by atoms with Crippen molar-refractivity contribution in [1.82, 2.24) is 4.98 Å². The summed E-state index contributed by atoms with van der Waals surface area (Å²) in [6.45, 7) is 1.83. The van der Waals surface area contributed by atoms with E-state index in [0.717, 1.165) is 30.4 Å². The molecule has 1 aromatic rings. The number of aliphatic hydroxyl groups excluding tert-OH is 1. The predicted molar refractivity (Wildman–Crippen MR) is 53.5 cm³/mol. The van der Waals surface area contributed by atoms with Gasteiger partial charge in [-0.05, 0) is 6.42 Å². The summed E-state index contributed by atoms with van der Waals surface area (Å²) in [6, 6.07) is 0.512. The Bertz CT molecular complexity index is 341. The van der Waals surface area contributed by atoms with E-state index in [1.54, 1.807) is 11.3 Å². The maximum atomic E-state index is 8.93. The fourth-order valence-corrected chi connectivity index (χ4v) is 3.03. The van der Waals surface area contributed by atoms with Gasteiger partial charge in [-0.15, -0.1) is 11.3 Å². The van der Waals surface area contributed by atoms with Gasteiger partial charge in [-0.2, -0.15) is 0 Å². The minimum absolute atomic E-state index is 0.0366. The lowest BCUT2D eigenvalue weighted by atomic mass is 10.2. The van der Waals surface area contributed by atoms with Crippen LogP contribution in [0.15, 0.2) is 5.38 Å². The zero-order valence-electron chi connectivity index (χ0n) is 7.72. The minimum Gasteiger partial charge on any atom is -0.390 e. The van der Waals surface area contributed by atoms with Crippen LogP contribution in [-0.2, 0) is 11.3 Å². The van der Waals surface area contributed by atoms with E-state index in [9.17, 15) is 0 Å². The van der Waals surface area contributed by atoms with Crippen molar-refractivity contribution >= 4 is 16.5 Å². The van der Waals surface area contributed by atoms with Gasteiger partial charge < -0.3 is 14.7 Å². The molecule has 0 radical (unpaired) electrons. The lowest BCUT2D eigenvalue weighted by Crippen LogP contribution is -2.36. The maximum Gasteiger partial charge on any atom is 0.186 e. The Kier molecular flexibility index (Phi) is 1.97. The zero-order chi connectivity index (χ0) is 9.54. The average Bonchev–Trinajstić information content (AvgIpc) is 2.93. The van der Waals surface area contributed by atoms with Crippen molar-refractivity contribution in [2.45, 2.75) is 25.2 Å². The quantitative estimate of drug-likeness (QED) is 0.780. The Balaban J connectivity index is 1.82. The van der Waals surface area contributed by atoms with Crippen LogP contribution in [0.1, 0.15) is 12.1 Å². The molecule has 2 unspecified atom stereocenters. The number of fused-ring (bicyclic) bond motifs is 2. The maximum absolute atomic E-state index is 8.93. The lowest BCUT2D eigenvalue weighted by Gasteiger charge is -2.26. The highest BCUT2D eigenvalue weighted by atomic mass is 32.1. The summed E-state index contributed by atoms with van der Waals surface area (Å²) in [4.78, 5) is 6.67. The van der Waals surface area contributed by atoms with E-state index in [1.807, 2.05) is 5.38 Å². The Labute approximate surface area is 86.1 Å². The van der Waals surface area contributed by atoms with E-state index in [0.29, 0.717) is 12.1 Å². The lowest BCUT2D eigenvalue weighted by molar-refractivity contribution is 0.0991. The molecule has 14 heavy (non-hydrogen) atoms. The minimum atomic E-state index is 0.0366. The van der Waals surface area contributed by atoms with Gasteiger partial charge in [-0.1, -0.05) is 0 Å². The molecule has 1 N–H and O–H groups in total. The van der Waals surface area contributed by atoms with Crippen LogP contribution in [0, 0.1) is 0 Å². The van der Waals surface area contributed by atoms with Gasteiger partial charge in [-0.25, -0.2) is 4.98 Å². The van der Waals surface area contributed by atoms with Gasteiger partial charge in [0.1, 0.15) is 0 Å². The van der Waals surface area contributed by atoms with Crippen molar-refractivity contribution in [3.63, 3.8) is 0 Å². The van der Waals surface area contributed by atoms with Crippen molar-refractivity contribution in [3.8, 4) is 0 Å². The van der Waals surface area contributed by atoms with Crippen LogP contribution >= 0.6 is 11.3 Å². The summed E-state index contributed by atoms with van der Waals surface area (Å²) >= 11 is 1.61. The zero-order valence-corrected chi connectivity index (χ0v) is 8.54. The molecule has 3 rings (SSSR count). The fourth-order valence-electron chi connectivity index (χ4n) is 2.13. The number of anilines is 1. The number of ether oxygens (including phenoxy) is 1. The molecule has 4 nitrogen and oxygen atoms in total. The first-order chi connectivity index (χ1) is 6.86. The third kappa shape index (κ3) is 1.24. The molecule has 0 aliphatic carbocycles. The van der Waals surface area contributed by atoms with E-state index in [1.165, 1.54) is 0 Å². The first-order valence-electron chi connectivity index (χ1n) is 4.80. The van der Waals surface area contributed by atoms with Crippen molar-refractivity contribution in [1.29, 1.82) is 0 Å². The molecule has 0 aromatic carbocycles. The van der Waals surface area contributed by atoms with Crippen LogP contribution < -0.4 is 4.90 Å². The summed E-state index contributed by atoms with van der Waals surface area (Å²) in [7, 11) is 0. The Morgan fingerprint density at radius 1 is 1.71 bits per heavy atom. The monoisotopic (exact) mass is 212 g/mol. The Hall–Kier alpha value is -0.650. The highest BCUT2D eigenvalue weighted by molar-refractivity contribution is 7.13. The van der Waals surface area contributed by atoms with Crippen molar-refractivity contribution in [3.05, 3.63) is 11.1 Å². The SMILES string of the molecule is OCc1csc(N2CC3CC2CO3)n1. The number of morpholine rings is 1. The van der Waals surface area contributed by atoms with E-state index < -0.39 is 0 Å². The van der Waals surface area contributed by atoms with Crippen LogP contribution in [0.25, 0.3) is 0 Å². The number of aliphatic hydroxyl groups is 1. The van der Waals surface area contributed by atoms with Crippen molar-refractivity contribution in [2.24, 2.45) is 0 Å². The van der Waals surface area contributed by atoms with Gasteiger partial charge in [0, 0.05) is 11.9 Å². The fraction of sp³-hybridized carbons (Fsp3) is 0.667. The first kappa shape index (κ1) is 8.64. The van der Waals surface area contributed by atoms with Gasteiger partial charge in [0.05, 0.1) is 31.1 Å². The third-order valence-electron chi connectivity index (χ3n) is 2.85. The van der Waals surface area contributed by atoms with Gasteiger partial charge >= 0.3 is 0 Å². The Morgan fingerprint density at radius 3 is 3.21 bits per heavy atom. The number of nitrogens with zero attached hydrogens (tertiary/aromatic N) is 2. The molecule has 2 aliphatic heterocycles. The predicted octanol–water partition coefficient (Wildman–Crippen LogP) is 0.613. The summed E-state index contributed by atoms with van der Waals surface area (Å²) in [5, 5.41) is 11.9. The second-order valence-electron chi connectivity index (χ2n) is 3.78. The molecule has 1 aromatic heterocycles. The van der Waals surface area contributed by atoms with Gasteiger partial charge in [0.2, 0.25) is 0 Å². The number of hydrogen-bond donors (Lipinski definition) is 1. The Morgan fingerprint density at radius 2 is 2.64 bits per heavy atom. The third-order valence-corrected chi connectivity index (χ3v) is 3.77. The topological polar surface area (TPSA) is 45.6 Å². The van der Waals surface area contributed by atoms with Crippen LogP contribution in [0.5, 0.6) is 0 Å². The standard InChI is InChI=1S/C9H12N2O2S/c12-3-6-5-14-9(10-6)11-2-8-1-7(11)4-13-8/h5,7-8,12H,1-4H2. The first-order valence-corrected chi connectivity index (χ1v) is 5.68.